The van der Waals surface area contributed by atoms with Gasteiger partial charge in [0.25, 0.3) is 5.91 Å². The minimum atomic E-state index is -0.607. The summed E-state index contributed by atoms with van der Waals surface area (Å²) < 4.78 is 13.9. The second-order valence-electron chi connectivity index (χ2n) is 10.9. The molecule has 0 spiro atoms. The van der Waals surface area contributed by atoms with Crippen molar-refractivity contribution in [3.05, 3.63) is 159 Å². The highest BCUT2D eigenvalue weighted by Crippen LogP contribution is 2.39. The van der Waals surface area contributed by atoms with Crippen LogP contribution in [0.15, 0.2) is 114 Å². The quantitative estimate of drug-likeness (QED) is 0.260. The molecule has 1 aromatic heterocycles. The summed E-state index contributed by atoms with van der Waals surface area (Å²) in [5, 5.41) is 14.0. The maximum Gasteiger partial charge on any atom is 0.271 e. The van der Waals surface area contributed by atoms with E-state index in [1.54, 1.807) is 10.8 Å². The standard InChI is InChI=1S/C36H30N2O5.2H2/c39-31-17-18-38(20-30-26-12-4-2-10-24(26)22-43-33-16-8-6-14-28(30)33)34(35(31)40)36(41)37-19-29-25-11-3-1-9-23(25)21-42-32-15-7-5-13-27(29)32;;/h1-18,29-30,40H,19-22H2,(H,37,41);2*1H. The lowest BCUT2D eigenvalue weighted by molar-refractivity contribution is 0.0938. The van der Waals surface area contributed by atoms with Gasteiger partial charge in [-0.2, -0.15) is 0 Å². The Morgan fingerprint density at radius 3 is 1.88 bits per heavy atom. The molecule has 0 saturated heterocycles. The number of hydrogen-bond acceptors (Lipinski definition) is 5. The number of hydrogen-bond donors (Lipinski definition) is 2. The fourth-order valence-electron chi connectivity index (χ4n) is 6.30. The van der Waals surface area contributed by atoms with E-state index in [-0.39, 0.29) is 26.9 Å². The number of aromatic nitrogens is 1. The van der Waals surface area contributed by atoms with E-state index < -0.39 is 17.1 Å². The first-order chi connectivity index (χ1) is 21.1. The highest BCUT2D eigenvalue weighted by atomic mass is 16.5. The van der Waals surface area contributed by atoms with Crippen molar-refractivity contribution in [3.8, 4) is 17.2 Å². The van der Waals surface area contributed by atoms with Gasteiger partial charge in [0, 0.05) is 51.2 Å². The summed E-state index contributed by atoms with van der Waals surface area (Å²) >= 11 is 0. The van der Waals surface area contributed by atoms with Crippen LogP contribution in [-0.2, 0) is 19.8 Å². The molecule has 2 atom stereocenters. The molecule has 0 radical (unpaired) electrons. The number of aromatic hydroxyl groups is 1. The topological polar surface area (TPSA) is 89.8 Å². The molecule has 0 bridgehead atoms. The van der Waals surface area contributed by atoms with Crippen LogP contribution in [0.5, 0.6) is 17.2 Å². The first kappa shape index (κ1) is 26.6. The van der Waals surface area contributed by atoms with Crippen LogP contribution < -0.4 is 20.2 Å². The monoisotopic (exact) mass is 574 g/mol. The number of amides is 1. The summed E-state index contributed by atoms with van der Waals surface area (Å²) in [6.45, 7) is 1.43. The van der Waals surface area contributed by atoms with Crippen LogP contribution in [0.1, 0.15) is 58.6 Å². The summed E-state index contributed by atoms with van der Waals surface area (Å²) in [5.41, 5.74) is 5.50. The predicted molar refractivity (Wildman–Crippen MR) is 167 cm³/mol. The molecule has 0 aliphatic carbocycles. The van der Waals surface area contributed by atoms with E-state index >= 15 is 0 Å². The molecule has 2 aliphatic rings. The maximum atomic E-state index is 13.9. The number of carbonyl (C=O) groups excluding carboxylic acids is 1. The molecule has 218 valence electrons. The molecule has 0 saturated carbocycles. The Labute approximate surface area is 251 Å². The molecule has 2 aliphatic heterocycles. The van der Waals surface area contributed by atoms with E-state index in [0.717, 1.165) is 44.9 Å². The van der Waals surface area contributed by atoms with Crippen molar-refractivity contribution < 1.29 is 22.2 Å². The number of carbonyl (C=O) groups is 1. The van der Waals surface area contributed by atoms with Crippen molar-refractivity contribution in [2.75, 3.05) is 6.54 Å². The summed E-state index contributed by atoms with van der Waals surface area (Å²) in [6, 6.07) is 33.1. The number of ether oxygens (including phenoxy) is 2. The van der Waals surface area contributed by atoms with Gasteiger partial charge in [0.15, 0.2) is 11.4 Å². The van der Waals surface area contributed by atoms with Crippen molar-refractivity contribution in [2.45, 2.75) is 31.6 Å². The maximum absolute atomic E-state index is 13.9. The van der Waals surface area contributed by atoms with Crippen molar-refractivity contribution in [3.63, 3.8) is 0 Å². The molecule has 7 rings (SSSR count). The van der Waals surface area contributed by atoms with Gasteiger partial charge in [-0.15, -0.1) is 0 Å². The third kappa shape index (κ3) is 4.93. The molecule has 43 heavy (non-hydrogen) atoms. The zero-order valence-electron chi connectivity index (χ0n) is 23.4. The molecule has 5 aromatic rings. The fourth-order valence-corrected chi connectivity index (χ4v) is 6.30. The molecule has 2 N–H and O–H groups in total. The third-order valence-electron chi connectivity index (χ3n) is 8.43. The Morgan fingerprint density at radius 2 is 1.26 bits per heavy atom. The van der Waals surface area contributed by atoms with Gasteiger partial charge in [-0.25, -0.2) is 0 Å². The van der Waals surface area contributed by atoms with E-state index in [2.05, 4.69) is 17.4 Å². The Hall–Kier alpha value is -5.30. The number of para-hydroxylation sites is 2. The van der Waals surface area contributed by atoms with E-state index in [0.29, 0.717) is 19.8 Å². The van der Waals surface area contributed by atoms with Gasteiger partial charge in [-0.05, 0) is 34.4 Å². The second kappa shape index (κ2) is 11.2. The number of fused-ring (bicyclic) bond motifs is 4. The van der Waals surface area contributed by atoms with E-state index in [9.17, 15) is 14.7 Å². The van der Waals surface area contributed by atoms with Gasteiger partial charge in [-0.3, -0.25) is 9.59 Å². The number of nitrogens with one attached hydrogen (secondary N) is 1. The van der Waals surface area contributed by atoms with E-state index in [1.807, 2.05) is 84.9 Å². The molecule has 3 heterocycles. The van der Waals surface area contributed by atoms with Gasteiger partial charge >= 0.3 is 0 Å². The first-order valence-corrected chi connectivity index (χ1v) is 14.4. The summed E-state index contributed by atoms with van der Waals surface area (Å²) in [7, 11) is 0. The van der Waals surface area contributed by atoms with E-state index in [1.165, 1.54) is 6.07 Å². The minimum absolute atomic E-state index is 0. The summed E-state index contributed by atoms with van der Waals surface area (Å²) in [5.74, 6) is 0.0835. The lowest BCUT2D eigenvalue weighted by Crippen LogP contribution is -2.33. The zero-order valence-corrected chi connectivity index (χ0v) is 23.4. The number of benzene rings is 4. The molecule has 1 amide bonds. The van der Waals surface area contributed by atoms with Crippen LogP contribution in [0.4, 0.5) is 0 Å². The highest BCUT2D eigenvalue weighted by Gasteiger charge is 2.29. The average molecular weight is 575 g/mol. The first-order valence-electron chi connectivity index (χ1n) is 14.4. The highest BCUT2D eigenvalue weighted by molar-refractivity contribution is 5.95. The Morgan fingerprint density at radius 1 is 0.744 bits per heavy atom. The number of nitrogens with zero attached hydrogens (tertiary/aromatic N) is 1. The normalized spacial score (nSPS) is 16.6. The average Bonchev–Trinajstić information content (AvgIpc) is 3.30. The second-order valence-corrected chi connectivity index (χ2v) is 10.9. The van der Waals surface area contributed by atoms with Gasteiger partial charge in [0.2, 0.25) is 5.43 Å². The molecule has 4 aromatic carbocycles. The lowest BCUT2D eigenvalue weighted by Gasteiger charge is -2.24. The van der Waals surface area contributed by atoms with Gasteiger partial charge in [0.05, 0.1) is 0 Å². The van der Waals surface area contributed by atoms with Crippen molar-refractivity contribution in [1.29, 1.82) is 0 Å². The minimum Gasteiger partial charge on any atom is -0.503 e. The Kier molecular flexibility index (Phi) is 6.91. The predicted octanol–water partition coefficient (Wildman–Crippen LogP) is 6.22. The van der Waals surface area contributed by atoms with Crippen LogP contribution in [-0.4, -0.2) is 22.1 Å². The molecular formula is C36H34N2O5. The molecule has 7 heteroatoms. The van der Waals surface area contributed by atoms with Crippen molar-refractivity contribution >= 4 is 5.91 Å². The third-order valence-corrected chi connectivity index (χ3v) is 8.43. The van der Waals surface area contributed by atoms with Gasteiger partial charge in [0.1, 0.15) is 24.7 Å². The molecule has 7 nitrogen and oxygen atoms in total. The smallest absolute Gasteiger partial charge is 0.271 e. The zero-order chi connectivity index (χ0) is 29.3. The molecule has 0 fully saturated rings. The van der Waals surface area contributed by atoms with Crippen LogP contribution >= 0.6 is 0 Å². The Balaban J connectivity index is 0.00000200. The summed E-state index contributed by atoms with van der Waals surface area (Å²) in [6.07, 6.45) is 1.58. The van der Waals surface area contributed by atoms with Crippen molar-refractivity contribution in [2.24, 2.45) is 0 Å². The fraction of sp³-hybridized carbons (Fsp3) is 0.167. The van der Waals surface area contributed by atoms with Crippen molar-refractivity contribution in [1.82, 2.24) is 9.88 Å². The largest absolute Gasteiger partial charge is 0.503 e. The van der Waals surface area contributed by atoms with Gasteiger partial charge in [-0.1, -0.05) is 84.9 Å². The SMILES string of the molecule is O=C(NCC1c2ccccc2COc2ccccc21)c1c(O)c(=O)ccn1CC1c2ccccc2COc2ccccc21.[HH].[HH]. The Bertz CT molecular complexity index is 1810. The summed E-state index contributed by atoms with van der Waals surface area (Å²) in [4.78, 5) is 26.5. The van der Waals surface area contributed by atoms with Crippen LogP contribution in [0.3, 0.4) is 0 Å². The lowest BCUT2D eigenvalue weighted by atomic mass is 9.88. The van der Waals surface area contributed by atoms with Gasteiger partial charge < -0.3 is 24.5 Å². The van der Waals surface area contributed by atoms with E-state index in [4.69, 9.17) is 9.47 Å². The van der Waals surface area contributed by atoms with Crippen LogP contribution in [0.25, 0.3) is 0 Å². The number of rotatable bonds is 5. The van der Waals surface area contributed by atoms with Crippen LogP contribution in [0.2, 0.25) is 0 Å². The van der Waals surface area contributed by atoms with Crippen LogP contribution in [0, 0.1) is 0 Å². The molecule has 2 unspecified atom stereocenters. The molecular weight excluding hydrogens is 540 g/mol. The number of pyridine rings is 1.